The molecule has 0 atom stereocenters. The number of hydrogen-bond acceptors (Lipinski definition) is 6. The van der Waals surface area contributed by atoms with Gasteiger partial charge in [-0.2, -0.15) is 5.26 Å². The van der Waals surface area contributed by atoms with E-state index in [-0.39, 0.29) is 23.9 Å². The van der Waals surface area contributed by atoms with Crippen LogP contribution in [-0.4, -0.2) is 38.3 Å². The molecule has 0 aliphatic carbocycles. The lowest BCUT2D eigenvalue weighted by molar-refractivity contribution is -0.129. The van der Waals surface area contributed by atoms with Crippen LogP contribution in [0.3, 0.4) is 0 Å². The molecule has 1 N–H and O–H groups in total. The number of rotatable bonds is 9. The molecule has 0 saturated carbocycles. The van der Waals surface area contributed by atoms with E-state index in [4.69, 9.17) is 9.68 Å². The maximum Gasteiger partial charge on any atom is 0.233 e. The summed E-state index contributed by atoms with van der Waals surface area (Å²) in [5.41, 5.74) is 0.832. The predicted molar refractivity (Wildman–Crippen MR) is 107 cm³/mol. The van der Waals surface area contributed by atoms with Crippen LogP contribution in [0, 0.1) is 17.1 Å². The summed E-state index contributed by atoms with van der Waals surface area (Å²) in [5.74, 6) is 0.912. The van der Waals surface area contributed by atoms with Crippen LogP contribution >= 0.6 is 11.8 Å². The van der Waals surface area contributed by atoms with Gasteiger partial charge in [0.15, 0.2) is 0 Å². The molecule has 0 aliphatic heterocycles. The van der Waals surface area contributed by atoms with Crippen molar-refractivity contribution in [3.8, 4) is 6.07 Å². The second-order valence-corrected chi connectivity index (χ2v) is 6.92. The van der Waals surface area contributed by atoms with Crippen molar-refractivity contribution in [3.05, 3.63) is 65.6 Å². The molecule has 148 valence electrons. The number of furan rings is 1. The molecule has 2 aromatic heterocycles. The van der Waals surface area contributed by atoms with Gasteiger partial charge in [-0.25, -0.2) is 9.37 Å². The number of carbonyl (C=O) groups is 1. The smallest absolute Gasteiger partial charge is 0.233 e. The fourth-order valence-corrected chi connectivity index (χ4v) is 3.14. The minimum Gasteiger partial charge on any atom is -0.467 e. The molecule has 1 amide bonds. The maximum absolute atomic E-state index is 12.9. The highest BCUT2D eigenvalue weighted by atomic mass is 32.2. The van der Waals surface area contributed by atoms with Crippen LogP contribution in [0.1, 0.15) is 23.6 Å². The Morgan fingerprint density at radius 3 is 2.86 bits per heavy atom. The first-order valence-electron chi connectivity index (χ1n) is 8.80. The third-order valence-corrected chi connectivity index (χ3v) is 4.72. The molecule has 0 radical (unpaired) electrons. The first-order chi connectivity index (χ1) is 14.1. The zero-order valence-electron chi connectivity index (χ0n) is 15.4. The zero-order chi connectivity index (χ0) is 20.5. The quantitative estimate of drug-likeness (QED) is 0.539. The number of thioether (sulfide) groups is 1. The number of benzene rings is 1. The van der Waals surface area contributed by atoms with Crippen molar-refractivity contribution >= 4 is 29.8 Å². The van der Waals surface area contributed by atoms with Gasteiger partial charge in [0.1, 0.15) is 17.4 Å². The highest BCUT2D eigenvalue weighted by molar-refractivity contribution is 7.99. The molecule has 7 nitrogen and oxygen atoms in total. The highest BCUT2D eigenvalue weighted by Gasteiger charge is 2.16. The Morgan fingerprint density at radius 2 is 2.14 bits per heavy atom. The van der Waals surface area contributed by atoms with Gasteiger partial charge in [-0.15, -0.1) is 5.10 Å². The van der Waals surface area contributed by atoms with Crippen LogP contribution < -0.4 is 0 Å². The Kier molecular flexibility index (Phi) is 7.19. The predicted octanol–water partition coefficient (Wildman–Crippen LogP) is 3.74. The van der Waals surface area contributed by atoms with E-state index in [0.29, 0.717) is 29.8 Å². The van der Waals surface area contributed by atoms with Crippen molar-refractivity contribution in [2.75, 3.05) is 12.3 Å². The van der Waals surface area contributed by atoms with Gasteiger partial charge in [0.2, 0.25) is 11.1 Å². The monoisotopic (exact) mass is 411 g/mol. The third kappa shape index (κ3) is 6.33. The van der Waals surface area contributed by atoms with Gasteiger partial charge < -0.3 is 9.32 Å². The average Bonchev–Trinajstić information content (AvgIpc) is 3.41. The van der Waals surface area contributed by atoms with E-state index in [1.165, 1.54) is 23.9 Å². The van der Waals surface area contributed by atoms with Crippen LogP contribution in [0.25, 0.3) is 12.2 Å². The van der Waals surface area contributed by atoms with Crippen molar-refractivity contribution in [1.82, 2.24) is 20.1 Å². The largest absolute Gasteiger partial charge is 0.467 e. The summed E-state index contributed by atoms with van der Waals surface area (Å²) >= 11 is 1.21. The molecule has 0 unspecified atom stereocenters. The number of nitrogens with zero attached hydrogens (tertiary/aromatic N) is 4. The second-order valence-electron chi connectivity index (χ2n) is 5.98. The molecule has 9 heteroatoms. The summed E-state index contributed by atoms with van der Waals surface area (Å²) in [4.78, 5) is 18.4. The Balaban J connectivity index is 1.55. The standard InChI is InChI=1S/C20H18FN5O2S/c21-16-7-4-15(5-8-16)6-9-18-23-20(25-24-18)29-14-19(27)26(11-2-10-22)13-17-3-1-12-28-17/h1,3-9,12H,2,11,13-14H2,(H,23,24,25)/b9-6+. The number of carbonyl (C=O) groups excluding carboxylic acids is 1. The molecule has 2 heterocycles. The van der Waals surface area contributed by atoms with E-state index in [1.54, 1.807) is 47.6 Å². The summed E-state index contributed by atoms with van der Waals surface area (Å²) in [6.07, 6.45) is 5.30. The average molecular weight is 411 g/mol. The molecular weight excluding hydrogens is 393 g/mol. The number of aromatic amines is 1. The van der Waals surface area contributed by atoms with E-state index in [9.17, 15) is 9.18 Å². The maximum atomic E-state index is 12.9. The minimum atomic E-state index is -0.291. The van der Waals surface area contributed by atoms with E-state index < -0.39 is 0 Å². The second kappa shape index (κ2) is 10.2. The topological polar surface area (TPSA) is 98.8 Å². The van der Waals surface area contributed by atoms with Crippen LogP contribution in [0.4, 0.5) is 4.39 Å². The summed E-state index contributed by atoms with van der Waals surface area (Å²) in [7, 11) is 0. The van der Waals surface area contributed by atoms with Gasteiger partial charge in [-0.3, -0.25) is 9.89 Å². The van der Waals surface area contributed by atoms with Crippen LogP contribution in [-0.2, 0) is 11.3 Å². The number of H-pyrrole nitrogens is 1. The van der Waals surface area contributed by atoms with Gasteiger partial charge in [-0.1, -0.05) is 30.0 Å². The van der Waals surface area contributed by atoms with Gasteiger partial charge in [-0.05, 0) is 35.9 Å². The van der Waals surface area contributed by atoms with Crippen LogP contribution in [0.2, 0.25) is 0 Å². The van der Waals surface area contributed by atoms with Crippen LogP contribution in [0.5, 0.6) is 0 Å². The third-order valence-electron chi connectivity index (χ3n) is 3.88. The van der Waals surface area contributed by atoms with Crippen molar-refractivity contribution in [2.24, 2.45) is 0 Å². The number of nitriles is 1. The van der Waals surface area contributed by atoms with Crippen molar-refractivity contribution < 1.29 is 13.6 Å². The highest BCUT2D eigenvalue weighted by Crippen LogP contribution is 2.16. The Morgan fingerprint density at radius 1 is 1.31 bits per heavy atom. The molecule has 0 saturated heterocycles. The van der Waals surface area contributed by atoms with Crippen molar-refractivity contribution in [3.63, 3.8) is 0 Å². The molecular formula is C20H18FN5O2S. The molecule has 3 aromatic rings. The summed E-state index contributed by atoms with van der Waals surface area (Å²) < 4.78 is 18.2. The van der Waals surface area contributed by atoms with Gasteiger partial charge >= 0.3 is 0 Å². The van der Waals surface area contributed by atoms with E-state index in [2.05, 4.69) is 21.3 Å². The van der Waals surface area contributed by atoms with Crippen LogP contribution in [0.15, 0.2) is 52.2 Å². The fourth-order valence-electron chi connectivity index (χ4n) is 2.43. The number of halogens is 1. The molecule has 0 bridgehead atoms. The molecule has 29 heavy (non-hydrogen) atoms. The minimum absolute atomic E-state index is 0.130. The molecule has 0 fully saturated rings. The fraction of sp³-hybridized carbons (Fsp3) is 0.200. The van der Waals surface area contributed by atoms with E-state index in [0.717, 1.165) is 5.56 Å². The first kappa shape index (κ1) is 20.4. The zero-order valence-corrected chi connectivity index (χ0v) is 16.2. The Bertz CT molecular complexity index is 993. The van der Waals surface area contributed by atoms with Gasteiger partial charge in [0.25, 0.3) is 0 Å². The summed E-state index contributed by atoms with van der Waals surface area (Å²) in [6.45, 7) is 0.643. The number of hydrogen-bond donors (Lipinski definition) is 1. The van der Waals surface area contributed by atoms with Crippen molar-refractivity contribution in [1.29, 1.82) is 5.26 Å². The lowest BCUT2D eigenvalue weighted by atomic mass is 10.2. The van der Waals surface area contributed by atoms with Gasteiger partial charge in [0, 0.05) is 6.54 Å². The lowest BCUT2D eigenvalue weighted by Gasteiger charge is -2.19. The number of amides is 1. The Hall–Kier alpha value is -3.38. The van der Waals surface area contributed by atoms with Crippen molar-refractivity contribution in [2.45, 2.75) is 18.1 Å². The number of aromatic nitrogens is 3. The Labute approximate surface area is 171 Å². The summed E-state index contributed by atoms with van der Waals surface area (Å²) in [5, 5.41) is 16.1. The first-order valence-corrected chi connectivity index (χ1v) is 9.78. The molecule has 0 aliphatic rings. The number of nitrogens with one attached hydrogen (secondary N) is 1. The SMILES string of the molecule is N#CCCN(Cc1ccco1)C(=O)CSc1n[nH]c(/C=C/c2ccc(F)cc2)n1. The van der Waals surface area contributed by atoms with Gasteiger partial charge in [0.05, 0.1) is 31.1 Å². The summed E-state index contributed by atoms with van der Waals surface area (Å²) in [6, 6.07) is 11.7. The molecule has 3 rings (SSSR count). The lowest BCUT2D eigenvalue weighted by Crippen LogP contribution is -2.32. The van der Waals surface area contributed by atoms with E-state index >= 15 is 0 Å². The molecule has 0 spiro atoms. The normalized spacial score (nSPS) is 10.9. The molecule has 1 aromatic carbocycles. The van der Waals surface area contributed by atoms with E-state index in [1.807, 2.05) is 0 Å².